The Kier molecular flexibility index (Phi) is 5.58. The van der Waals surface area contributed by atoms with Crippen molar-refractivity contribution in [1.82, 2.24) is 14.8 Å². The van der Waals surface area contributed by atoms with Crippen LogP contribution in [0.15, 0.2) is 6.20 Å². The Balaban J connectivity index is 2.32. The molecule has 2 heterocycles. The van der Waals surface area contributed by atoms with Gasteiger partial charge in [-0.3, -0.25) is 0 Å². The number of anilines is 1. The van der Waals surface area contributed by atoms with E-state index >= 15 is 0 Å². The maximum absolute atomic E-state index is 12.3. The van der Waals surface area contributed by atoms with Gasteiger partial charge in [0.15, 0.2) is 5.65 Å². The van der Waals surface area contributed by atoms with E-state index in [1.54, 1.807) is 13.1 Å². The van der Waals surface area contributed by atoms with Gasteiger partial charge in [0.2, 0.25) is 0 Å². The van der Waals surface area contributed by atoms with Gasteiger partial charge < -0.3 is 10.5 Å². The molecule has 0 aliphatic heterocycles. The maximum Gasteiger partial charge on any atom is 0.342 e. The maximum atomic E-state index is 12.3. The highest BCUT2D eigenvalue weighted by molar-refractivity contribution is 6.04. The molecule has 2 aromatic rings. The first-order chi connectivity index (χ1) is 11.0. The number of ether oxygens (including phenoxy) is 1. The van der Waals surface area contributed by atoms with Crippen LogP contribution in [0.25, 0.3) is 11.0 Å². The predicted molar refractivity (Wildman–Crippen MR) is 91.3 cm³/mol. The second kappa shape index (κ2) is 7.44. The Labute approximate surface area is 137 Å². The highest BCUT2D eigenvalue weighted by Gasteiger charge is 2.21. The van der Waals surface area contributed by atoms with Gasteiger partial charge in [-0.15, -0.1) is 0 Å². The number of carbonyl (C=O) groups excluding carboxylic acids is 1. The first-order valence-corrected chi connectivity index (χ1v) is 8.24. The lowest BCUT2D eigenvalue weighted by atomic mass is 10.1. The number of fused-ring (bicyclic) bond motifs is 1. The van der Waals surface area contributed by atoms with E-state index in [1.165, 1.54) is 0 Å². The van der Waals surface area contributed by atoms with Crippen LogP contribution in [0.4, 0.5) is 5.69 Å². The van der Waals surface area contributed by atoms with Crippen molar-refractivity contribution in [2.45, 2.75) is 53.5 Å². The number of nitrogens with two attached hydrogens (primary N) is 1. The lowest BCUT2D eigenvalue weighted by Gasteiger charge is -2.12. The van der Waals surface area contributed by atoms with E-state index in [2.05, 4.69) is 17.0 Å². The smallest absolute Gasteiger partial charge is 0.342 e. The zero-order valence-electron chi connectivity index (χ0n) is 14.4. The highest BCUT2D eigenvalue weighted by atomic mass is 16.5. The molecule has 0 radical (unpaired) electrons. The van der Waals surface area contributed by atoms with Crippen molar-refractivity contribution >= 4 is 22.7 Å². The van der Waals surface area contributed by atoms with Gasteiger partial charge in [0, 0.05) is 6.54 Å². The summed E-state index contributed by atoms with van der Waals surface area (Å²) in [7, 11) is 0. The van der Waals surface area contributed by atoms with E-state index in [0.29, 0.717) is 28.9 Å². The minimum Gasteiger partial charge on any atom is -0.462 e. The van der Waals surface area contributed by atoms with Crippen LogP contribution in [-0.2, 0) is 11.3 Å². The summed E-state index contributed by atoms with van der Waals surface area (Å²) >= 11 is 0. The van der Waals surface area contributed by atoms with Crippen molar-refractivity contribution in [3.63, 3.8) is 0 Å². The number of hydrogen-bond acceptors (Lipinski definition) is 5. The number of nitrogens with zero attached hydrogens (tertiary/aromatic N) is 3. The van der Waals surface area contributed by atoms with Crippen molar-refractivity contribution in [1.29, 1.82) is 0 Å². The zero-order valence-corrected chi connectivity index (χ0v) is 14.4. The molecule has 6 nitrogen and oxygen atoms in total. The number of carbonyl (C=O) groups is 1. The van der Waals surface area contributed by atoms with Crippen molar-refractivity contribution < 1.29 is 9.53 Å². The highest BCUT2D eigenvalue weighted by Crippen LogP contribution is 2.26. The fraction of sp³-hybridized carbons (Fsp3) is 0.588. The van der Waals surface area contributed by atoms with Crippen LogP contribution in [0.3, 0.4) is 0 Å². The summed E-state index contributed by atoms with van der Waals surface area (Å²) in [5.74, 6) is -0.139. The largest absolute Gasteiger partial charge is 0.462 e. The number of rotatable bonds is 7. The van der Waals surface area contributed by atoms with Gasteiger partial charge >= 0.3 is 5.97 Å². The summed E-state index contributed by atoms with van der Waals surface area (Å²) in [6, 6.07) is 0. The molecule has 0 aromatic carbocycles. The van der Waals surface area contributed by atoms with Gasteiger partial charge in [0.05, 0.1) is 29.6 Å². The monoisotopic (exact) mass is 318 g/mol. The van der Waals surface area contributed by atoms with Crippen molar-refractivity contribution in [2.24, 2.45) is 5.92 Å². The van der Waals surface area contributed by atoms with Gasteiger partial charge in [-0.1, -0.05) is 33.6 Å². The first-order valence-electron chi connectivity index (χ1n) is 8.24. The van der Waals surface area contributed by atoms with Crippen LogP contribution in [0.1, 0.15) is 56.1 Å². The fourth-order valence-corrected chi connectivity index (χ4v) is 2.48. The van der Waals surface area contributed by atoms with Gasteiger partial charge in [0.1, 0.15) is 5.56 Å². The molecule has 0 aliphatic carbocycles. The molecule has 0 spiro atoms. The molecule has 0 amide bonds. The molecule has 2 aromatic heterocycles. The van der Waals surface area contributed by atoms with Crippen LogP contribution in [0.2, 0.25) is 0 Å². The number of aryl methyl sites for hydroxylation is 2. The average molecular weight is 318 g/mol. The third-order valence-electron chi connectivity index (χ3n) is 3.73. The molecule has 2 N–H and O–H groups in total. The van der Waals surface area contributed by atoms with Crippen molar-refractivity contribution in [2.75, 3.05) is 12.3 Å². The Morgan fingerprint density at radius 1 is 1.39 bits per heavy atom. The number of unbranched alkanes of at least 4 members (excludes halogenated alkanes) is 2. The molecular formula is C17H26N4O2. The van der Waals surface area contributed by atoms with Crippen LogP contribution >= 0.6 is 0 Å². The lowest BCUT2D eigenvalue weighted by molar-refractivity contribution is 0.0459. The molecule has 23 heavy (non-hydrogen) atoms. The number of esters is 1. The molecule has 0 saturated heterocycles. The number of aromatic nitrogens is 3. The molecule has 126 valence electrons. The second-order valence-electron chi connectivity index (χ2n) is 6.29. The zero-order chi connectivity index (χ0) is 17.0. The minimum absolute atomic E-state index is 0.276. The van der Waals surface area contributed by atoms with E-state index in [9.17, 15) is 4.79 Å². The summed E-state index contributed by atoms with van der Waals surface area (Å²) in [5.41, 5.74) is 8.28. The lowest BCUT2D eigenvalue weighted by Crippen LogP contribution is -2.15. The molecule has 0 aliphatic rings. The topological polar surface area (TPSA) is 83.0 Å². The Morgan fingerprint density at radius 2 is 2.13 bits per heavy atom. The van der Waals surface area contributed by atoms with E-state index < -0.39 is 5.97 Å². The van der Waals surface area contributed by atoms with Crippen LogP contribution in [-0.4, -0.2) is 27.3 Å². The standard InChI is InChI=1S/C17H26N4O2/c1-5-6-7-8-21-16-13(9-19-21)15(18)14(12(4)20-16)17(22)23-10-11(2)3/h9,11H,5-8,10H2,1-4H3,(H2,18,20). The molecule has 0 unspecified atom stereocenters. The molecule has 6 heteroatoms. The SMILES string of the molecule is CCCCCn1ncc2c(N)c(C(=O)OCC(C)C)c(C)nc21. The Morgan fingerprint density at radius 3 is 2.78 bits per heavy atom. The molecule has 0 saturated carbocycles. The number of nitrogen functional groups attached to an aromatic ring is 1. The summed E-state index contributed by atoms with van der Waals surface area (Å²) < 4.78 is 7.16. The average Bonchev–Trinajstić information content (AvgIpc) is 2.89. The molecule has 0 fully saturated rings. The summed E-state index contributed by atoms with van der Waals surface area (Å²) in [4.78, 5) is 16.8. The van der Waals surface area contributed by atoms with E-state index in [1.807, 2.05) is 18.5 Å². The third-order valence-corrected chi connectivity index (χ3v) is 3.73. The summed E-state index contributed by atoms with van der Waals surface area (Å²) in [6.07, 6.45) is 5.03. The number of hydrogen-bond donors (Lipinski definition) is 1. The second-order valence-corrected chi connectivity index (χ2v) is 6.29. The summed E-state index contributed by atoms with van der Waals surface area (Å²) in [6.45, 7) is 9.10. The molecular weight excluding hydrogens is 292 g/mol. The first kappa shape index (κ1) is 17.2. The Hall–Kier alpha value is -2.11. The van der Waals surface area contributed by atoms with Crippen LogP contribution in [0, 0.1) is 12.8 Å². The van der Waals surface area contributed by atoms with E-state index in [0.717, 1.165) is 31.5 Å². The minimum atomic E-state index is -0.415. The van der Waals surface area contributed by atoms with E-state index in [4.69, 9.17) is 10.5 Å². The fourth-order valence-electron chi connectivity index (χ4n) is 2.48. The Bertz CT molecular complexity index is 691. The van der Waals surface area contributed by atoms with Crippen LogP contribution in [0.5, 0.6) is 0 Å². The van der Waals surface area contributed by atoms with Crippen molar-refractivity contribution in [3.05, 3.63) is 17.5 Å². The van der Waals surface area contributed by atoms with E-state index in [-0.39, 0.29) is 5.92 Å². The number of pyridine rings is 1. The summed E-state index contributed by atoms with van der Waals surface area (Å²) in [5, 5.41) is 5.08. The molecule has 0 bridgehead atoms. The molecule has 2 rings (SSSR count). The molecule has 0 atom stereocenters. The van der Waals surface area contributed by atoms with Gasteiger partial charge in [-0.25, -0.2) is 14.5 Å². The van der Waals surface area contributed by atoms with Gasteiger partial charge in [-0.05, 0) is 19.3 Å². The third kappa shape index (κ3) is 3.81. The van der Waals surface area contributed by atoms with Crippen LogP contribution < -0.4 is 5.73 Å². The van der Waals surface area contributed by atoms with Gasteiger partial charge in [-0.2, -0.15) is 5.10 Å². The quantitative estimate of drug-likeness (QED) is 0.625. The predicted octanol–water partition coefficient (Wildman–Crippen LogP) is 3.32. The van der Waals surface area contributed by atoms with Crippen molar-refractivity contribution in [3.8, 4) is 0 Å². The normalized spacial score (nSPS) is 11.3. The van der Waals surface area contributed by atoms with Gasteiger partial charge in [0.25, 0.3) is 0 Å².